The molecule has 0 saturated carbocycles. The van der Waals surface area contributed by atoms with Crippen molar-refractivity contribution in [1.82, 2.24) is 0 Å². The second-order valence-electron chi connectivity index (χ2n) is 2.17. The Hall–Kier alpha value is -1.25. The minimum absolute atomic E-state index is 0. The molecule has 0 aliphatic rings. The van der Waals surface area contributed by atoms with Gasteiger partial charge in [0.1, 0.15) is 0 Å². The number of benzene rings is 1. The number of rotatable bonds is 1. The molecule has 1 rings (SSSR count). The van der Waals surface area contributed by atoms with Crippen LogP contribution in [0, 0.1) is 0 Å². The summed E-state index contributed by atoms with van der Waals surface area (Å²) in [5, 5.41) is 35.0. The van der Waals surface area contributed by atoms with E-state index in [1.54, 1.807) is 0 Å². The summed E-state index contributed by atoms with van der Waals surface area (Å²) >= 11 is 0. The first-order valence-corrected chi connectivity index (χ1v) is 3.00. The number of hydrogen-bond acceptors (Lipinski definition) is 4. The molecule has 0 fully saturated rings. The average molecular weight is 277 g/mol. The van der Waals surface area contributed by atoms with Crippen LogP contribution in [0.1, 0.15) is 10.4 Å². The average Bonchev–Trinajstić information content (AvgIpc) is 1.99. The second kappa shape index (κ2) is 4.12. The van der Waals surface area contributed by atoms with E-state index < -0.39 is 23.2 Å². The zero-order chi connectivity index (χ0) is 9.30. The fourth-order valence-corrected chi connectivity index (χ4v) is 0.728. The largest absolute Gasteiger partial charge is 0.504 e. The minimum Gasteiger partial charge on any atom is -0.504 e. The van der Waals surface area contributed by atoms with Gasteiger partial charge in [-0.15, -0.1) is 0 Å². The number of carboxylic acid groups (broad SMARTS) is 1. The molecule has 74 valence electrons. The third kappa shape index (κ3) is 2.34. The standard InChI is InChI=1S/C7H6O5.Pd/c8-4-1-3(7(11)12)2-5(9)6(4)10;/h1-2,8-10H,(H,11,12);. The molecule has 0 spiro atoms. The van der Waals surface area contributed by atoms with E-state index in [4.69, 9.17) is 20.4 Å². The smallest absolute Gasteiger partial charge is 0.335 e. The molecule has 0 bridgehead atoms. The van der Waals surface area contributed by atoms with Crippen molar-refractivity contribution >= 4 is 5.97 Å². The summed E-state index contributed by atoms with van der Waals surface area (Å²) in [5.41, 5.74) is -0.289. The van der Waals surface area contributed by atoms with Gasteiger partial charge in [0.15, 0.2) is 17.2 Å². The molecule has 0 aromatic heterocycles. The third-order valence-corrected chi connectivity index (χ3v) is 1.32. The Morgan fingerprint density at radius 1 is 1.08 bits per heavy atom. The summed E-state index contributed by atoms with van der Waals surface area (Å²) in [6.45, 7) is 0. The molecule has 4 N–H and O–H groups in total. The van der Waals surface area contributed by atoms with Crippen molar-refractivity contribution < 1.29 is 45.6 Å². The number of phenols is 3. The predicted octanol–water partition coefficient (Wildman–Crippen LogP) is 0.499. The van der Waals surface area contributed by atoms with E-state index in [1.807, 2.05) is 0 Å². The van der Waals surface area contributed by atoms with Crippen LogP contribution in [0.3, 0.4) is 0 Å². The van der Waals surface area contributed by atoms with Gasteiger partial charge in [-0.2, -0.15) is 0 Å². The van der Waals surface area contributed by atoms with Crippen LogP contribution in [0.2, 0.25) is 0 Å². The van der Waals surface area contributed by atoms with Crippen LogP contribution >= 0.6 is 0 Å². The third-order valence-electron chi connectivity index (χ3n) is 1.32. The Balaban J connectivity index is 0.00000144. The SMILES string of the molecule is O=C(O)c1cc(O)c(O)c(O)c1.[Pd]. The summed E-state index contributed by atoms with van der Waals surface area (Å²) in [6.07, 6.45) is 0. The predicted molar refractivity (Wildman–Crippen MR) is 38.4 cm³/mol. The number of carboxylic acids is 1. The van der Waals surface area contributed by atoms with Gasteiger partial charge in [-0.05, 0) is 12.1 Å². The molecule has 0 heterocycles. The normalized spacial score (nSPS) is 8.92. The number of aromatic hydroxyl groups is 3. The first kappa shape index (κ1) is 11.8. The monoisotopic (exact) mass is 276 g/mol. The molecule has 0 unspecified atom stereocenters. The maximum Gasteiger partial charge on any atom is 0.335 e. The molecule has 0 radical (unpaired) electrons. The van der Waals surface area contributed by atoms with Crippen LogP contribution in [0.5, 0.6) is 17.2 Å². The van der Waals surface area contributed by atoms with Gasteiger partial charge in [-0.1, -0.05) is 0 Å². The van der Waals surface area contributed by atoms with E-state index in [-0.39, 0.29) is 26.0 Å². The topological polar surface area (TPSA) is 98.0 Å². The molecule has 0 atom stereocenters. The van der Waals surface area contributed by atoms with E-state index in [2.05, 4.69) is 0 Å². The van der Waals surface area contributed by atoms with Crippen molar-refractivity contribution in [2.45, 2.75) is 0 Å². The van der Waals surface area contributed by atoms with Gasteiger partial charge in [0, 0.05) is 20.4 Å². The molecule has 1 aromatic rings. The van der Waals surface area contributed by atoms with Crippen molar-refractivity contribution in [1.29, 1.82) is 0 Å². The maximum absolute atomic E-state index is 10.3. The van der Waals surface area contributed by atoms with E-state index in [0.717, 1.165) is 12.1 Å². The fraction of sp³-hybridized carbons (Fsp3) is 0. The van der Waals surface area contributed by atoms with Gasteiger partial charge in [0.2, 0.25) is 0 Å². The molecule has 1 aromatic carbocycles. The Labute approximate surface area is 86.9 Å². The van der Waals surface area contributed by atoms with Crippen molar-refractivity contribution in [2.75, 3.05) is 0 Å². The number of hydrogen-bond donors (Lipinski definition) is 4. The molecule has 5 nitrogen and oxygen atoms in total. The van der Waals surface area contributed by atoms with Gasteiger partial charge in [-0.3, -0.25) is 0 Å². The Morgan fingerprint density at radius 2 is 1.46 bits per heavy atom. The Kier molecular flexibility index (Phi) is 3.73. The van der Waals surface area contributed by atoms with Crippen LogP contribution in [-0.4, -0.2) is 26.4 Å². The van der Waals surface area contributed by atoms with Gasteiger partial charge < -0.3 is 20.4 Å². The van der Waals surface area contributed by atoms with Crippen molar-refractivity contribution in [3.63, 3.8) is 0 Å². The van der Waals surface area contributed by atoms with E-state index in [9.17, 15) is 4.79 Å². The fourth-order valence-electron chi connectivity index (χ4n) is 0.728. The number of carbonyl (C=O) groups is 1. The summed E-state index contributed by atoms with van der Waals surface area (Å²) in [7, 11) is 0. The Bertz CT molecular complexity index is 313. The van der Waals surface area contributed by atoms with Crippen LogP contribution < -0.4 is 0 Å². The summed E-state index contributed by atoms with van der Waals surface area (Å²) < 4.78 is 0. The zero-order valence-electron chi connectivity index (χ0n) is 6.17. The van der Waals surface area contributed by atoms with Crippen molar-refractivity contribution in [2.24, 2.45) is 0 Å². The molecule has 13 heavy (non-hydrogen) atoms. The molecule has 0 aliphatic carbocycles. The van der Waals surface area contributed by atoms with Crippen LogP contribution in [0.4, 0.5) is 0 Å². The Morgan fingerprint density at radius 3 is 1.77 bits per heavy atom. The maximum atomic E-state index is 10.3. The van der Waals surface area contributed by atoms with Gasteiger partial charge in [0.05, 0.1) is 5.56 Å². The zero-order valence-corrected chi connectivity index (χ0v) is 7.72. The number of phenolic OH excluding ortho intramolecular Hbond substituents is 3. The molecule has 6 heteroatoms. The van der Waals surface area contributed by atoms with Gasteiger partial charge in [-0.25, -0.2) is 4.79 Å². The molecular weight excluding hydrogens is 270 g/mol. The van der Waals surface area contributed by atoms with Gasteiger partial charge >= 0.3 is 5.97 Å². The first-order chi connectivity index (χ1) is 5.52. The summed E-state index contributed by atoms with van der Waals surface area (Å²) in [4.78, 5) is 10.3. The molecule has 0 aliphatic heterocycles. The second-order valence-corrected chi connectivity index (χ2v) is 2.17. The number of aromatic carboxylic acids is 1. The van der Waals surface area contributed by atoms with Crippen molar-refractivity contribution in [3.8, 4) is 17.2 Å². The quantitative estimate of drug-likeness (QED) is 0.442. The van der Waals surface area contributed by atoms with E-state index in [1.165, 1.54) is 0 Å². The van der Waals surface area contributed by atoms with Gasteiger partial charge in [0.25, 0.3) is 0 Å². The molecule has 0 saturated heterocycles. The summed E-state index contributed by atoms with van der Waals surface area (Å²) in [6, 6.07) is 1.69. The van der Waals surface area contributed by atoms with Crippen LogP contribution in [0.25, 0.3) is 0 Å². The van der Waals surface area contributed by atoms with Crippen molar-refractivity contribution in [3.05, 3.63) is 17.7 Å². The van der Waals surface area contributed by atoms with Crippen LogP contribution in [0.15, 0.2) is 12.1 Å². The molecule has 0 amide bonds. The summed E-state index contributed by atoms with van der Waals surface area (Å²) in [5.74, 6) is -3.33. The van der Waals surface area contributed by atoms with Crippen LogP contribution in [-0.2, 0) is 20.4 Å². The molecular formula is C7H6O5Pd. The minimum atomic E-state index is -1.29. The van der Waals surface area contributed by atoms with E-state index in [0.29, 0.717) is 0 Å². The van der Waals surface area contributed by atoms with E-state index >= 15 is 0 Å². The first-order valence-electron chi connectivity index (χ1n) is 3.00.